The highest BCUT2D eigenvalue weighted by molar-refractivity contribution is 7.12. The van der Waals surface area contributed by atoms with Gasteiger partial charge in [0.2, 0.25) is 5.91 Å². The number of aliphatic hydroxyl groups excluding tert-OH is 1. The van der Waals surface area contributed by atoms with Gasteiger partial charge in [-0.1, -0.05) is 6.07 Å². The fraction of sp³-hybridized carbons (Fsp3) is 0.571. The summed E-state index contributed by atoms with van der Waals surface area (Å²) in [5.41, 5.74) is 0. The smallest absolute Gasteiger partial charge is 0.261 e. The van der Waals surface area contributed by atoms with E-state index in [-0.39, 0.29) is 18.4 Å². The monoisotopic (exact) mass is 311 g/mol. The molecule has 1 aliphatic rings. The van der Waals surface area contributed by atoms with Gasteiger partial charge in [-0.3, -0.25) is 14.5 Å². The van der Waals surface area contributed by atoms with Crippen molar-refractivity contribution in [2.45, 2.75) is 6.42 Å². The Morgan fingerprint density at radius 3 is 2.67 bits per heavy atom. The first-order chi connectivity index (χ1) is 10.2. The predicted molar refractivity (Wildman–Crippen MR) is 81.4 cm³/mol. The van der Waals surface area contributed by atoms with Crippen LogP contribution in [-0.2, 0) is 4.79 Å². The molecular weight excluding hydrogens is 290 g/mol. The molecule has 1 aliphatic heterocycles. The SMILES string of the molecule is O=C(NCCC(=O)N1CCN(CCO)CC1)c1cccs1. The summed E-state index contributed by atoms with van der Waals surface area (Å²) in [5, 5.41) is 13.5. The Labute approximate surface area is 128 Å². The number of β-amino-alcohol motifs (C(OH)–C–C–N with tert-alkyl or cyclic N) is 1. The first kappa shape index (κ1) is 15.9. The molecule has 0 aliphatic carbocycles. The highest BCUT2D eigenvalue weighted by Crippen LogP contribution is 2.08. The summed E-state index contributed by atoms with van der Waals surface area (Å²) in [7, 11) is 0. The average Bonchev–Trinajstić information content (AvgIpc) is 3.02. The van der Waals surface area contributed by atoms with Crippen LogP contribution in [-0.4, -0.2) is 72.6 Å². The molecule has 0 spiro atoms. The van der Waals surface area contributed by atoms with Gasteiger partial charge in [-0.05, 0) is 11.4 Å². The number of aliphatic hydroxyl groups is 1. The van der Waals surface area contributed by atoms with E-state index in [1.165, 1.54) is 11.3 Å². The van der Waals surface area contributed by atoms with Crippen LogP contribution >= 0.6 is 11.3 Å². The predicted octanol–water partition coefficient (Wildman–Crippen LogP) is 0.00450. The van der Waals surface area contributed by atoms with Crippen molar-refractivity contribution in [3.05, 3.63) is 22.4 Å². The Hall–Kier alpha value is -1.44. The largest absolute Gasteiger partial charge is 0.395 e. The third-order valence-electron chi connectivity index (χ3n) is 3.51. The minimum atomic E-state index is -0.120. The van der Waals surface area contributed by atoms with E-state index in [2.05, 4.69) is 10.2 Å². The number of amides is 2. The summed E-state index contributed by atoms with van der Waals surface area (Å²) in [6.07, 6.45) is 0.330. The third kappa shape index (κ3) is 4.80. The van der Waals surface area contributed by atoms with Gasteiger partial charge in [-0.25, -0.2) is 0 Å². The zero-order valence-electron chi connectivity index (χ0n) is 12.0. The molecule has 116 valence electrons. The number of carbonyl (C=O) groups excluding carboxylic acids is 2. The fourth-order valence-corrected chi connectivity index (χ4v) is 2.94. The maximum absolute atomic E-state index is 12.0. The Balaban J connectivity index is 1.65. The summed E-state index contributed by atoms with van der Waals surface area (Å²) < 4.78 is 0. The Bertz CT molecular complexity index is 456. The highest BCUT2D eigenvalue weighted by atomic mass is 32.1. The van der Waals surface area contributed by atoms with E-state index in [9.17, 15) is 9.59 Å². The maximum atomic E-state index is 12.0. The summed E-state index contributed by atoms with van der Waals surface area (Å²) in [6, 6.07) is 3.60. The molecule has 2 amide bonds. The van der Waals surface area contributed by atoms with E-state index < -0.39 is 0 Å². The van der Waals surface area contributed by atoms with Gasteiger partial charge in [0.15, 0.2) is 0 Å². The quantitative estimate of drug-likeness (QED) is 0.776. The number of carbonyl (C=O) groups is 2. The molecule has 0 unspecified atom stereocenters. The first-order valence-corrected chi connectivity index (χ1v) is 8.01. The molecule has 2 N–H and O–H groups in total. The lowest BCUT2D eigenvalue weighted by Crippen LogP contribution is -2.49. The summed E-state index contributed by atoms with van der Waals surface area (Å²) in [4.78, 5) is 28.4. The van der Waals surface area contributed by atoms with E-state index in [1.54, 1.807) is 6.07 Å². The van der Waals surface area contributed by atoms with Gasteiger partial charge < -0.3 is 15.3 Å². The van der Waals surface area contributed by atoms with Crippen LogP contribution < -0.4 is 5.32 Å². The summed E-state index contributed by atoms with van der Waals surface area (Å²) in [5.74, 6) is -0.0457. The minimum Gasteiger partial charge on any atom is -0.395 e. The molecule has 2 rings (SSSR count). The average molecular weight is 311 g/mol. The topological polar surface area (TPSA) is 72.9 Å². The van der Waals surface area contributed by atoms with Crippen LogP contribution in [0.1, 0.15) is 16.1 Å². The number of nitrogens with one attached hydrogen (secondary N) is 1. The molecule has 7 heteroatoms. The van der Waals surface area contributed by atoms with Crippen LogP contribution in [0, 0.1) is 0 Å². The van der Waals surface area contributed by atoms with Crippen molar-refractivity contribution in [1.82, 2.24) is 15.1 Å². The molecule has 0 radical (unpaired) electrons. The van der Waals surface area contributed by atoms with Crippen molar-refractivity contribution >= 4 is 23.2 Å². The lowest BCUT2D eigenvalue weighted by molar-refractivity contribution is -0.132. The molecule has 21 heavy (non-hydrogen) atoms. The van der Waals surface area contributed by atoms with Crippen molar-refractivity contribution in [2.75, 3.05) is 45.9 Å². The normalized spacial score (nSPS) is 16.0. The van der Waals surface area contributed by atoms with Gasteiger partial charge in [-0.15, -0.1) is 11.3 Å². The van der Waals surface area contributed by atoms with Crippen molar-refractivity contribution < 1.29 is 14.7 Å². The zero-order chi connectivity index (χ0) is 15.1. The van der Waals surface area contributed by atoms with Gasteiger partial charge in [0.1, 0.15) is 0 Å². The molecule has 0 bridgehead atoms. The van der Waals surface area contributed by atoms with Gasteiger partial charge in [0.05, 0.1) is 11.5 Å². The van der Waals surface area contributed by atoms with Gasteiger partial charge in [0.25, 0.3) is 5.91 Å². The van der Waals surface area contributed by atoms with E-state index in [0.29, 0.717) is 37.5 Å². The van der Waals surface area contributed by atoms with Crippen molar-refractivity contribution in [2.24, 2.45) is 0 Å². The van der Waals surface area contributed by atoms with Crippen LogP contribution in [0.4, 0.5) is 0 Å². The molecule has 0 saturated carbocycles. The van der Waals surface area contributed by atoms with E-state index in [1.807, 2.05) is 16.3 Å². The fourth-order valence-electron chi connectivity index (χ4n) is 2.30. The molecule has 2 heterocycles. The molecule has 1 saturated heterocycles. The minimum absolute atomic E-state index is 0.0742. The van der Waals surface area contributed by atoms with Crippen molar-refractivity contribution in [1.29, 1.82) is 0 Å². The molecule has 1 aromatic rings. The Morgan fingerprint density at radius 2 is 2.05 bits per heavy atom. The third-order valence-corrected chi connectivity index (χ3v) is 4.38. The molecular formula is C14H21N3O3S. The lowest BCUT2D eigenvalue weighted by Gasteiger charge is -2.34. The number of thiophene rings is 1. The number of nitrogens with zero attached hydrogens (tertiary/aromatic N) is 2. The highest BCUT2D eigenvalue weighted by Gasteiger charge is 2.20. The van der Waals surface area contributed by atoms with Gasteiger partial charge in [-0.2, -0.15) is 0 Å². The molecule has 1 aromatic heterocycles. The second-order valence-corrected chi connectivity index (χ2v) is 5.88. The maximum Gasteiger partial charge on any atom is 0.261 e. The van der Waals surface area contributed by atoms with E-state index in [0.717, 1.165) is 13.1 Å². The van der Waals surface area contributed by atoms with E-state index >= 15 is 0 Å². The second-order valence-electron chi connectivity index (χ2n) is 4.93. The first-order valence-electron chi connectivity index (χ1n) is 7.13. The van der Waals surface area contributed by atoms with Crippen LogP contribution in [0.2, 0.25) is 0 Å². The molecule has 0 aromatic carbocycles. The standard InChI is InChI=1S/C14H21N3O3S/c18-10-9-16-5-7-17(8-6-16)13(19)3-4-15-14(20)12-2-1-11-21-12/h1-2,11,18H,3-10H2,(H,15,20). The van der Waals surface area contributed by atoms with Crippen molar-refractivity contribution in [3.8, 4) is 0 Å². The second kappa shape index (κ2) is 8.11. The molecule has 0 atom stereocenters. The summed E-state index contributed by atoms with van der Waals surface area (Å²) in [6.45, 7) is 4.17. The zero-order valence-corrected chi connectivity index (χ0v) is 12.8. The number of piperazine rings is 1. The van der Waals surface area contributed by atoms with Crippen molar-refractivity contribution in [3.63, 3.8) is 0 Å². The number of hydrogen-bond acceptors (Lipinski definition) is 5. The van der Waals surface area contributed by atoms with E-state index in [4.69, 9.17) is 5.11 Å². The van der Waals surface area contributed by atoms with Gasteiger partial charge >= 0.3 is 0 Å². The van der Waals surface area contributed by atoms with Crippen LogP contribution in [0.3, 0.4) is 0 Å². The lowest BCUT2D eigenvalue weighted by atomic mass is 10.2. The Morgan fingerprint density at radius 1 is 1.29 bits per heavy atom. The number of hydrogen-bond donors (Lipinski definition) is 2. The van der Waals surface area contributed by atoms with Gasteiger partial charge in [0, 0.05) is 45.7 Å². The summed E-state index contributed by atoms with van der Waals surface area (Å²) >= 11 is 1.39. The van der Waals surface area contributed by atoms with Crippen LogP contribution in [0.5, 0.6) is 0 Å². The number of rotatable bonds is 6. The molecule has 6 nitrogen and oxygen atoms in total. The molecule has 1 fully saturated rings. The van der Waals surface area contributed by atoms with Crippen LogP contribution in [0.15, 0.2) is 17.5 Å². The van der Waals surface area contributed by atoms with Crippen LogP contribution in [0.25, 0.3) is 0 Å². The Kier molecular flexibility index (Phi) is 6.16.